The standard InChI is InChI=1S/C16H20FN3O/c1-12-7-8-20-11-18-15(9-16(20)19(12)2)21-10-13-3-5-14(17)6-4-13/h3-6,9,12H,7-8,10-11H2,1-2H3/t12-/m1/s1. The number of benzene rings is 1. The van der Waals surface area contributed by atoms with Gasteiger partial charge in [-0.3, -0.25) is 0 Å². The highest BCUT2D eigenvalue weighted by atomic mass is 19.1. The third-order valence-corrected chi connectivity index (χ3v) is 4.11. The topological polar surface area (TPSA) is 28.1 Å². The van der Waals surface area contributed by atoms with E-state index in [0.29, 0.717) is 25.2 Å². The van der Waals surface area contributed by atoms with Crippen LogP contribution in [0.4, 0.5) is 4.39 Å². The summed E-state index contributed by atoms with van der Waals surface area (Å²) in [6.45, 7) is 4.30. The van der Waals surface area contributed by atoms with Gasteiger partial charge < -0.3 is 14.5 Å². The van der Waals surface area contributed by atoms with E-state index >= 15 is 0 Å². The van der Waals surface area contributed by atoms with Crippen molar-refractivity contribution in [3.63, 3.8) is 0 Å². The van der Waals surface area contributed by atoms with Crippen molar-refractivity contribution < 1.29 is 9.13 Å². The highest BCUT2D eigenvalue weighted by molar-refractivity contribution is 5.88. The number of ether oxygens (including phenoxy) is 1. The van der Waals surface area contributed by atoms with Crippen LogP contribution >= 0.6 is 0 Å². The molecule has 1 aromatic carbocycles. The van der Waals surface area contributed by atoms with Crippen LogP contribution in [0.2, 0.25) is 0 Å². The van der Waals surface area contributed by atoms with Crippen LogP contribution < -0.4 is 0 Å². The van der Waals surface area contributed by atoms with E-state index in [1.807, 2.05) is 6.08 Å². The fourth-order valence-electron chi connectivity index (χ4n) is 2.57. The van der Waals surface area contributed by atoms with E-state index in [2.05, 4.69) is 28.8 Å². The number of rotatable bonds is 2. The molecule has 5 heteroatoms. The first-order valence-corrected chi connectivity index (χ1v) is 7.24. The van der Waals surface area contributed by atoms with Crippen molar-refractivity contribution in [2.75, 3.05) is 20.3 Å². The van der Waals surface area contributed by atoms with Gasteiger partial charge in [0.15, 0.2) is 0 Å². The van der Waals surface area contributed by atoms with Crippen LogP contribution in [0, 0.1) is 5.82 Å². The molecule has 1 fully saturated rings. The Labute approximate surface area is 124 Å². The molecule has 0 N–H and O–H groups in total. The van der Waals surface area contributed by atoms with Crippen LogP contribution in [0.1, 0.15) is 18.9 Å². The van der Waals surface area contributed by atoms with E-state index in [-0.39, 0.29) is 5.82 Å². The predicted octanol–water partition coefficient (Wildman–Crippen LogP) is 2.58. The zero-order valence-corrected chi connectivity index (χ0v) is 12.4. The summed E-state index contributed by atoms with van der Waals surface area (Å²) in [6.07, 6.45) is 3.14. The van der Waals surface area contributed by atoms with E-state index in [9.17, 15) is 4.39 Å². The summed E-state index contributed by atoms with van der Waals surface area (Å²) in [5, 5.41) is 0. The van der Waals surface area contributed by atoms with Crippen molar-refractivity contribution >= 4 is 5.90 Å². The van der Waals surface area contributed by atoms with Gasteiger partial charge in [0.25, 0.3) is 0 Å². The van der Waals surface area contributed by atoms with E-state index in [4.69, 9.17) is 4.74 Å². The Morgan fingerprint density at radius 2 is 2.10 bits per heavy atom. The normalized spacial score (nSPS) is 21.6. The maximum Gasteiger partial charge on any atom is 0.214 e. The molecular formula is C16H20FN3O. The van der Waals surface area contributed by atoms with Crippen LogP contribution in [-0.2, 0) is 11.3 Å². The monoisotopic (exact) mass is 289 g/mol. The summed E-state index contributed by atoms with van der Waals surface area (Å²) in [5.41, 5.74) is 0.935. The van der Waals surface area contributed by atoms with Crippen molar-refractivity contribution in [2.24, 2.45) is 4.99 Å². The summed E-state index contributed by atoms with van der Waals surface area (Å²) in [5.74, 6) is 1.58. The lowest BCUT2D eigenvalue weighted by atomic mass is 10.1. The molecule has 0 radical (unpaired) electrons. The molecule has 2 aliphatic heterocycles. The minimum atomic E-state index is -0.232. The SMILES string of the molecule is C[C@@H]1CCN2CN=C(OCc3ccc(F)cc3)C=C2N1C. The molecule has 2 aliphatic rings. The van der Waals surface area contributed by atoms with Gasteiger partial charge in [0.05, 0.1) is 0 Å². The fourth-order valence-corrected chi connectivity index (χ4v) is 2.57. The van der Waals surface area contributed by atoms with E-state index in [0.717, 1.165) is 24.4 Å². The van der Waals surface area contributed by atoms with Gasteiger partial charge in [-0.2, -0.15) is 0 Å². The number of fused-ring (bicyclic) bond motifs is 1. The van der Waals surface area contributed by atoms with Gasteiger partial charge in [-0.05, 0) is 31.0 Å². The number of aliphatic imine (C=N–C) groups is 1. The minimum Gasteiger partial charge on any atom is -0.473 e. The van der Waals surface area contributed by atoms with Crippen LogP contribution in [0.5, 0.6) is 0 Å². The lowest BCUT2D eigenvalue weighted by molar-refractivity contribution is 0.133. The molecule has 2 heterocycles. The molecule has 0 aromatic heterocycles. The zero-order chi connectivity index (χ0) is 14.8. The summed E-state index contributed by atoms with van der Waals surface area (Å²) < 4.78 is 18.6. The fraction of sp³-hybridized carbons (Fsp3) is 0.438. The highest BCUT2D eigenvalue weighted by Crippen LogP contribution is 2.23. The maximum absolute atomic E-state index is 12.9. The smallest absolute Gasteiger partial charge is 0.214 e. The summed E-state index contributed by atoms with van der Waals surface area (Å²) in [4.78, 5) is 8.97. The highest BCUT2D eigenvalue weighted by Gasteiger charge is 2.27. The van der Waals surface area contributed by atoms with E-state index < -0.39 is 0 Å². The van der Waals surface area contributed by atoms with Gasteiger partial charge >= 0.3 is 0 Å². The van der Waals surface area contributed by atoms with Crippen molar-refractivity contribution in [3.05, 3.63) is 47.5 Å². The average Bonchev–Trinajstić information content (AvgIpc) is 2.51. The third kappa shape index (κ3) is 3.01. The van der Waals surface area contributed by atoms with Gasteiger partial charge in [0.2, 0.25) is 5.90 Å². The lowest BCUT2D eigenvalue weighted by Gasteiger charge is -2.43. The Morgan fingerprint density at radius 3 is 2.86 bits per heavy atom. The molecular weight excluding hydrogens is 269 g/mol. The molecule has 3 rings (SSSR count). The molecule has 4 nitrogen and oxygen atoms in total. The Morgan fingerprint density at radius 1 is 1.33 bits per heavy atom. The molecule has 21 heavy (non-hydrogen) atoms. The molecule has 0 bridgehead atoms. The quantitative estimate of drug-likeness (QED) is 0.837. The van der Waals surface area contributed by atoms with Crippen LogP contribution in [-0.4, -0.2) is 42.0 Å². The Kier molecular flexibility index (Phi) is 3.82. The molecule has 0 amide bonds. The molecule has 0 unspecified atom stereocenters. The summed E-state index contributed by atoms with van der Waals surface area (Å²) >= 11 is 0. The molecule has 0 saturated carbocycles. The second-order valence-electron chi connectivity index (χ2n) is 5.57. The number of hydrogen-bond acceptors (Lipinski definition) is 4. The van der Waals surface area contributed by atoms with Gasteiger partial charge in [-0.1, -0.05) is 12.1 Å². The van der Waals surface area contributed by atoms with Crippen molar-refractivity contribution in [1.82, 2.24) is 9.80 Å². The van der Waals surface area contributed by atoms with E-state index in [1.165, 1.54) is 12.1 Å². The first kappa shape index (κ1) is 13.9. The molecule has 1 aromatic rings. The largest absolute Gasteiger partial charge is 0.473 e. The second-order valence-corrected chi connectivity index (χ2v) is 5.57. The number of nitrogens with zero attached hydrogens (tertiary/aromatic N) is 3. The molecule has 112 valence electrons. The van der Waals surface area contributed by atoms with Gasteiger partial charge in [0.1, 0.15) is 24.9 Å². The van der Waals surface area contributed by atoms with Crippen molar-refractivity contribution in [3.8, 4) is 0 Å². The maximum atomic E-state index is 12.9. The summed E-state index contributed by atoms with van der Waals surface area (Å²) in [6, 6.07) is 6.87. The van der Waals surface area contributed by atoms with Gasteiger partial charge in [-0.25, -0.2) is 9.38 Å². The summed E-state index contributed by atoms with van der Waals surface area (Å²) in [7, 11) is 2.10. The Balaban J connectivity index is 1.65. The predicted molar refractivity (Wildman–Crippen MR) is 80.1 cm³/mol. The van der Waals surface area contributed by atoms with Gasteiger partial charge in [0, 0.05) is 25.7 Å². The molecule has 1 atom stereocenters. The zero-order valence-electron chi connectivity index (χ0n) is 12.4. The van der Waals surface area contributed by atoms with Crippen molar-refractivity contribution in [1.29, 1.82) is 0 Å². The van der Waals surface area contributed by atoms with Gasteiger partial charge in [-0.15, -0.1) is 0 Å². The molecule has 0 aliphatic carbocycles. The van der Waals surface area contributed by atoms with Crippen LogP contribution in [0.25, 0.3) is 0 Å². The van der Waals surface area contributed by atoms with Crippen LogP contribution in [0.15, 0.2) is 41.2 Å². The van der Waals surface area contributed by atoms with Crippen LogP contribution in [0.3, 0.4) is 0 Å². The average molecular weight is 289 g/mol. The lowest BCUT2D eigenvalue weighted by Crippen LogP contribution is -2.47. The van der Waals surface area contributed by atoms with Crippen molar-refractivity contribution in [2.45, 2.75) is 26.0 Å². The second kappa shape index (κ2) is 5.76. The van der Waals surface area contributed by atoms with E-state index in [1.54, 1.807) is 12.1 Å². The number of hydrogen-bond donors (Lipinski definition) is 0. The Bertz CT molecular complexity index is 567. The molecule has 1 saturated heterocycles. The molecule has 0 spiro atoms. The first-order valence-electron chi connectivity index (χ1n) is 7.24. The first-order chi connectivity index (χ1) is 10.1. The third-order valence-electron chi connectivity index (χ3n) is 4.11. The Hall–Kier alpha value is -2.04. The number of halogens is 1. The minimum absolute atomic E-state index is 0.232.